The molecule has 3 heteroatoms. The molecule has 1 radical (unpaired) electrons. The topological polar surface area (TPSA) is 29.1 Å². The van der Waals surface area contributed by atoms with Crippen molar-refractivity contribution >= 4 is 17.7 Å². The molecule has 0 saturated carbocycles. The van der Waals surface area contributed by atoms with Gasteiger partial charge in [-0.3, -0.25) is 4.79 Å². The lowest BCUT2D eigenvalue weighted by Gasteiger charge is -1.99. The van der Waals surface area contributed by atoms with Gasteiger partial charge in [0.15, 0.2) is 0 Å². The molecule has 1 amide bonds. The van der Waals surface area contributed by atoms with Crippen LogP contribution in [0.1, 0.15) is 6.42 Å². The Hall–Kier alpha value is -0.960. The zero-order valence-corrected chi connectivity index (χ0v) is 8.30. The van der Waals surface area contributed by atoms with E-state index in [0.29, 0.717) is 6.42 Å². The Labute approximate surface area is 82.7 Å². The van der Waals surface area contributed by atoms with Gasteiger partial charge >= 0.3 is 0 Å². The Bertz CT molecular complexity index is 261. The van der Waals surface area contributed by atoms with Crippen LogP contribution in [-0.2, 0) is 4.79 Å². The van der Waals surface area contributed by atoms with Crippen LogP contribution < -0.4 is 5.32 Å². The van der Waals surface area contributed by atoms with Crippen LogP contribution in [0, 0.1) is 5.75 Å². The van der Waals surface area contributed by atoms with Crippen LogP contribution in [-0.4, -0.2) is 13.0 Å². The molecule has 0 aliphatic carbocycles. The molecule has 2 nitrogen and oxygen atoms in total. The van der Waals surface area contributed by atoms with Crippen molar-refractivity contribution in [3.05, 3.63) is 36.1 Å². The monoisotopic (exact) mass is 194 g/mol. The van der Waals surface area contributed by atoms with E-state index in [4.69, 9.17) is 0 Å². The first-order valence-electron chi connectivity index (χ1n) is 4.07. The molecule has 1 aromatic carbocycles. The number of benzene rings is 1. The highest BCUT2D eigenvalue weighted by atomic mass is 32.2. The molecule has 0 spiro atoms. The predicted octanol–water partition coefficient (Wildman–Crippen LogP) is 2.08. The molecule has 13 heavy (non-hydrogen) atoms. The molecular weight excluding hydrogens is 182 g/mol. The van der Waals surface area contributed by atoms with E-state index in [2.05, 4.69) is 5.32 Å². The number of thioether (sulfide) groups is 1. The van der Waals surface area contributed by atoms with Crippen molar-refractivity contribution in [3.8, 4) is 0 Å². The number of hydrogen-bond donors (Lipinski definition) is 1. The maximum atomic E-state index is 10.8. The molecule has 0 bridgehead atoms. The second-order valence-electron chi connectivity index (χ2n) is 2.47. The number of amides is 1. The zero-order valence-electron chi connectivity index (χ0n) is 7.49. The number of hydrogen-bond acceptors (Lipinski definition) is 2. The van der Waals surface area contributed by atoms with Gasteiger partial charge in [-0.05, 0) is 12.1 Å². The molecule has 0 unspecified atom stereocenters. The van der Waals surface area contributed by atoms with E-state index in [0.717, 1.165) is 4.90 Å². The van der Waals surface area contributed by atoms with Gasteiger partial charge in [0.05, 0.1) is 0 Å². The summed E-state index contributed by atoms with van der Waals surface area (Å²) in [4.78, 5) is 12.0. The van der Waals surface area contributed by atoms with E-state index in [9.17, 15) is 4.79 Å². The molecule has 1 rings (SSSR count). The summed E-state index contributed by atoms with van der Waals surface area (Å²) < 4.78 is 0. The van der Waals surface area contributed by atoms with Crippen molar-refractivity contribution in [2.24, 2.45) is 0 Å². The lowest BCUT2D eigenvalue weighted by atomic mass is 10.4. The Balaban J connectivity index is 2.24. The molecule has 0 aliphatic heterocycles. The van der Waals surface area contributed by atoms with E-state index in [1.165, 1.54) is 0 Å². The first-order chi connectivity index (χ1) is 6.33. The van der Waals surface area contributed by atoms with Gasteiger partial charge in [-0.1, -0.05) is 18.2 Å². The van der Waals surface area contributed by atoms with Gasteiger partial charge in [-0.2, -0.15) is 0 Å². The van der Waals surface area contributed by atoms with Gasteiger partial charge in [0.25, 0.3) is 0 Å². The third-order valence-electron chi connectivity index (χ3n) is 1.51. The second-order valence-corrected chi connectivity index (χ2v) is 3.52. The fourth-order valence-electron chi connectivity index (χ4n) is 0.815. The average molecular weight is 194 g/mol. The number of carbonyl (C=O) groups excluding carboxylic acids is 1. The van der Waals surface area contributed by atoms with E-state index >= 15 is 0 Å². The number of carbonyl (C=O) groups is 1. The predicted molar refractivity (Wildman–Crippen MR) is 55.3 cm³/mol. The molecule has 0 saturated heterocycles. The van der Waals surface area contributed by atoms with E-state index in [1.807, 2.05) is 36.1 Å². The summed E-state index contributed by atoms with van der Waals surface area (Å²) in [6, 6.07) is 9.98. The van der Waals surface area contributed by atoms with Crippen LogP contribution in [0.25, 0.3) is 0 Å². The fourth-order valence-corrected chi connectivity index (χ4v) is 1.56. The molecular formula is C10H12NOS. The lowest BCUT2D eigenvalue weighted by Crippen LogP contribution is -2.16. The Morgan fingerprint density at radius 2 is 2.15 bits per heavy atom. The summed E-state index contributed by atoms with van der Waals surface area (Å²) in [5, 5.41) is 2.57. The SMILES string of the molecule is CNC(=O)C[CH]Sc1ccccc1. The highest BCUT2D eigenvalue weighted by Gasteiger charge is 1.98. The molecule has 0 aliphatic rings. The standard InChI is InChI=1S/C10H12NOS/c1-11-10(12)7-8-13-9-5-3-2-4-6-9/h2-6,8H,7H2,1H3,(H,11,12). The normalized spacial score (nSPS) is 9.62. The highest BCUT2D eigenvalue weighted by Crippen LogP contribution is 2.20. The lowest BCUT2D eigenvalue weighted by molar-refractivity contribution is -0.119. The Morgan fingerprint density at radius 3 is 2.77 bits per heavy atom. The third-order valence-corrected chi connectivity index (χ3v) is 2.39. The largest absolute Gasteiger partial charge is 0.359 e. The van der Waals surface area contributed by atoms with Crippen LogP contribution in [0.5, 0.6) is 0 Å². The summed E-state index contributed by atoms with van der Waals surface area (Å²) in [6.45, 7) is 0. The van der Waals surface area contributed by atoms with Gasteiger partial charge in [0, 0.05) is 24.1 Å². The van der Waals surface area contributed by atoms with Crippen molar-refractivity contribution in [2.45, 2.75) is 11.3 Å². The molecule has 0 heterocycles. The van der Waals surface area contributed by atoms with Crippen molar-refractivity contribution in [2.75, 3.05) is 7.05 Å². The summed E-state index contributed by atoms with van der Waals surface area (Å²) in [7, 11) is 1.64. The number of rotatable bonds is 4. The van der Waals surface area contributed by atoms with Gasteiger partial charge in [0.1, 0.15) is 0 Å². The second kappa shape index (κ2) is 5.65. The molecule has 0 aromatic heterocycles. The van der Waals surface area contributed by atoms with E-state index in [-0.39, 0.29) is 5.91 Å². The van der Waals surface area contributed by atoms with Crippen LogP contribution in [0.4, 0.5) is 0 Å². The Morgan fingerprint density at radius 1 is 1.46 bits per heavy atom. The van der Waals surface area contributed by atoms with Crippen molar-refractivity contribution in [1.82, 2.24) is 5.32 Å². The van der Waals surface area contributed by atoms with Gasteiger partial charge in [0.2, 0.25) is 5.91 Å². The summed E-state index contributed by atoms with van der Waals surface area (Å²) in [5.41, 5.74) is 0. The van der Waals surface area contributed by atoms with Crippen LogP contribution in [0.3, 0.4) is 0 Å². The first-order valence-corrected chi connectivity index (χ1v) is 4.95. The molecule has 0 atom stereocenters. The summed E-state index contributed by atoms with van der Waals surface area (Å²) in [5.74, 6) is 1.94. The smallest absolute Gasteiger partial charge is 0.220 e. The summed E-state index contributed by atoms with van der Waals surface area (Å²) in [6.07, 6.45) is 0.454. The minimum Gasteiger partial charge on any atom is -0.359 e. The highest BCUT2D eigenvalue weighted by molar-refractivity contribution is 8.01. The summed E-state index contributed by atoms with van der Waals surface area (Å²) >= 11 is 1.58. The zero-order chi connectivity index (χ0) is 9.52. The average Bonchev–Trinajstić information content (AvgIpc) is 2.19. The van der Waals surface area contributed by atoms with Crippen LogP contribution >= 0.6 is 11.8 Å². The minimum atomic E-state index is 0.0448. The third kappa shape index (κ3) is 3.99. The van der Waals surface area contributed by atoms with Gasteiger partial charge < -0.3 is 5.32 Å². The minimum absolute atomic E-state index is 0.0448. The fraction of sp³-hybridized carbons (Fsp3) is 0.200. The quantitative estimate of drug-likeness (QED) is 0.743. The van der Waals surface area contributed by atoms with Gasteiger partial charge in [-0.25, -0.2) is 0 Å². The first kappa shape index (κ1) is 10.1. The van der Waals surface area contributed by atoms with Crippen molar-refractivity contribution in [1.29, 1.82) is 0 Å². The van der Waals surface area contributed by atoms with Crippen LogP contribution in [0.15, 0.2) is 35.2 Å². The molecule has 0 fully saturated rings. The van der Waals surface area contributed by atoms with E-state index in [1.54, 1.807) is 18.8 Å². The maximum Gasteiger partial charge on any atom is 0.220 e. The number of nitrogens with one attached hydrogen (secondary N) is 1. The van der Waals surface area contributed by atoms with Crippen LogP contribution in [0.2, 0.25) is 0 Å². The van der Waals surface area contributed by atoms with Crippen molar-refractivity contribution < 1.29 is 4.79 Å². The molecule has 69 valence electrons. The maximum absolute atomic E-state index is 10.8. The molecule has 1 aromatic rings. The Kier molecular flexibility index (Phi) is 4.40. The molecule has 1 N–H and O–H groups in total. The van der Waals surface area contributed by atoms with Crippen molar-refractivity contribution in [3.63, 3.8) is 0 Å². The van der Waals surface area contributed by atoms with Gasteiger partial charge in [-0.15, -0.1) is 11.8 Å². The van der Waals surface area contributed by atoms with E-state index < -0.39 is 0 Å².